The summed E-state index contributed by atoms with van der Waals surface area (Å²) >= 11 is 7.62. The van der Waals surface area contributed by atoms with Gasteiger partial charge in [-0.1, -0.05) is 42.4 Å². The van der Waals surface area contributed by atoms with Crippen LogP contribution in [0.4, 0.5) is 15.9 Å². The van der Waals surface area contributed by atoms with Crippen LogP contribution in [-0.4, -0.2) is 29.5 Å². The molecule has 5 nitrogen and oxygen atoms in total. The van der Waals surface area contributed by atoms with Crippen molar-refractivity contribution in [3.05, 3.63) is 76.7 Å². The minimum absolute atomic E-state index is 0.254. The van der Waals surface area contributed by atoms with E-state index in [2.05, 4.69) is 22.2 Å². The molecule has 0 aliphatic heterocycles. The van der Waals surface area contributed by atoms with E-state index >= 15 is 0 Å². The van der Waals surface area contributed by atoms with E-state index in [1.165, 1.54) is 36.0 Å². The summed E-state index contributed by atoms with van der Waals surface area (Å²) in [6.45, 7) is 2.98. The fourth-order valence-electron chi connectivity index (χ4n) is 2.78. The van der Waals surface area contributed by atoms with Gasteiger partial charge in [-0.2, -0.15) is 0 Å². The molecule has 0 aliphatic rings. The van der Waals surface area contributed by atoms with Crippen molar-refractivity contribution in [1.82, 2.24) is 9.97 Å². The van der Waals surface area contributed by atoms with Gasteiger partial charge in [0.05, 0.1) is 0 Å². The predicted octanol–water partition coefficient (Wildman–Crippen LogP) is 5.66. The van der Waals surface area contributed by atoms with E-state index in [1.54, 1.807) is 12.1 Å². The fourth-order valence-corrected chi connectivity index (χ4v) is 3.81. The summed E-state index contributed by atoms with van der Waals surface area (Å²) in [4.78, 5) is 23.4. The maximum atomic E-state index is 13.0. The standard InChI is InChI=1S/C22H22ClFN4OS/c1-3-11-28(2)20-13-19(23)26-22(27-20)30-14-15-5-4-6-16(12-15)21(29)25-18-9-7-17(24)8-10-18/h4-10,12-13H,3,11,14H2,1-2H3,(H,25,29). The highest BCUT2D eigenvalue weighted by Crippen LogP contribution is 2.25. The Balaban J connectivity index is 1.67. The first kappa shape index (κ1) is 22.1. The minimum atomic E-state index is -0.348. The van der Waals surface area contributed by atoms with Gasteiger partial charge >= 0.3 is 0 Å². The summed E-state index contributed by atoms with van der Waals surface area (Å²) < 4.78 is 13.0. The van der Waals surface area contributed by atoms with Crippen LogP contribution in [-0.2, 0) is 5.75 Å². The normalized spacial score (nSPS) is 10.7. The van der Waals surface area contributed by atoms with Crippen LogP contribution in [0.5, 0.6) is 0 Å². The van der Waals surface area contributed by atoms with E-state index in [4.69, 9.17) is 11.6 Å². The molecular formula is C22H22ClFN4OS. The molecule has 1 N–H and O–H groups in total. The van der Waals surface area contributed by atoms with Crippen molar-refractivity contribution in [1.29, 1.82) is 0 Å². The van der Waals surface area contributed by atoms with Gasteiger partial charge in [-0.3, -0.25) is 4.79 Å². The zero-order chi connectivity index (χ0) is 21.5. The number of aromatic nitrogens is 2. The minimum Gasteiger partial charge on any atom is -0.360 e. The van der Waals surface area contributed by atoms with Crippen molar-refractivity contribution >= 4 is 40.8 Å². The van der Waals surface area contributed by atoms with Gasteiger partial charge in [0.25, 0.3) is 5.91 Å². The third kappa shape index (κ3) is 6.18. The predicted molar refractivity (Wildman–Crippen MR) is 121 cm³/mol. The molecule has 0 fully saturated rings. The van der Waals surface area contributed by atoms with Gasteiger partial charge in [0, 0.05) is 36.7 Å². The summed E-state index contributed by atoms with van der Waals surface area (Å²) in [5, 5.41) is 3.75. The average molecular weight is 445 g/mol. The summed E-state index contributed by atoms with van der Waals surface area (Å²) in [6, 6.07) is 14.7. The van der Waals surface area contributed by atoms with Gasteiger partial charge in [0.1, 0.15) is 16.8 Å². The summed E-state index contributed by atoms with van der Waals surface area (Å²) in [6.07, 6.45) is 1.01. The van der Waals surface area contributed by atoms with Crippen molar-refractivity contribution in [3.63, 3.8) is 0 Å². The second-order valence-corrected chi connectivity index (χ2v) is 8.03. The number of carbonyl (C=O) groups is 1. The Labute approximate surface area is 184 Å². The molecule has 0 aliphatic carbocycles. The van der Waals surface area contributed by atoms with Crippen LogP contribution in [0.1, 0.15) is 29.3 Å². The molecule has 30 heavy (non-hydrogen) atoms. The number of anilines is 2. The number of thioether (sulfide) groups is 1. The van der Waals surface area contributed by atoms with Crippen LogP contribution in [0.3, 0.4) is 0 Å². The second-order valence-electron chi connectivity index (χ2n) is 6.70. The molecule has 1 heterocycles. The summed E-state index contributed by atoms with van der Waals surface area (Å²) in [5.41, 5.74) is 2.02. The van der Waals surface area contributed by atoms with Crippen molar-refractivity contribution in [3.8, 4) is 0 Å². The Hall–Kier alpha value is -2.64. The quantitative estimate of drug-likeness (QED) is 0.276. The molecule has 3 aromatic rings. The number of nitrogens with zero attached hydrogens (tertiary/aromatic N) is 3. The first-order valence-electron chi connectivity index (χ1n) is 9.49. The lowest BCUT2D eigenvalue weighted by molar-refractivity contribution is 0.102. The fraction of sp³-hybridized carbons (Fsp3) is 0.227. The zero-order valence-electron chi connectivity index (χ0n) is 16.7. The average Bonchev–Trinajstić information content (AvgIpc) is 2.74. The second kappa shape index (κ2) is 10.4. The van der Waals surface area contributed by atoms with Gasteiger partial charge in [0.2, 0.25) is 0 Å². The number of benzene rings is 2. The molecule has 0 saturated heterocycles. The van der Waals surface area contributed by atoms with Crippen molar-refractivity contribution in [2.75, 3.05) is 23.8 Å². The molecule has 8 heteroatoms. The van der Waals surface area contributed by atoms with E-state index in [-0.39, 0.29) is 11.7 Å². The van der Waals surface area contributed by atoms with Crippen molar-refractivity contribution in [2.24, 2.45) is 0 Å². The highest BCUT2D eigenvalue weighted by atomic mass is 35.5. The molecule has 2 aromatic carbocycles. The van der Waals surface area contributed by atoms with Crippen LogP contribution in [0.15, 0.2) is 59.8 Å². The highest BCUT2D eigenvalue weighted by Gasteiger charge is 2.10. The Morgan fingerprint density at radius 3 is 2.67 bits per heavy atom. The SMILES string of the molecule is CCCN(C)c1cc(Cl)nc(SCc2cccc(C(=O)Nc3ccc(F)cc3)c2)n1. The third-order valence-electron chi connectivity index (χ3n) is 4.27. The number of halogens is 2. The molecular weight excluding hydrogens is 423 g/mol. The molecule has 0 unspecified atom stereocenters. The van der Waals surface area contributed by atoms with E-state index in [0.717, 1.165) is 24.3 Å². The molecule has 1 aromatic heterocycles. The van der Waals surface area contributed by atoms with Gasteiger partial charge in [-0.25, -0.2) is 14.4 Å². The maximum Gasteiger partial charge on any atom is 0.255 e. The van der Waals surface area contributed by atoms with E-state index < -0.39 is 0 Å². The lowest BCUT2D eigenvalue weighted by atomic mass is 10.1. The van der Waals surface area contributed by atoms with Crippen LogP contribution >= 0.6 is 23.4 Å². The van der Waals surface area contributed by atoms with Gasteiger partial charge in [0.15, 0.2) is 5.16 Å². The van der Waals surface area contributed by atoms with E-state index in [0.29, 0.717) is 27.3 Å². The first-order valence-corrected chi connectivity index (χ1v) is 10.9. The van der Waals surface area contributed by atoms with E-state index in [1.807, 2.05) is 30.1 Å². The summed E-state index contributed by atoms with van der Waals surface area (Å²) in [5.74, 6) is 0.775. The maximum absolute atomic E-state index is 13.0. The van der Waals surface area contributed by atoms with Crippen molar-refractivity contribution < 1.29 is 9.18 Å². The van der Waals surface area contributed by atoms with Gasteiger partial charge in [-0.15, -0.1) is 0 Å². The lowest BCUT2D eigenvalue weighted by Crippen LogP contribution is -2.19. The number of carbonyl (C=O) groups excluding carboxylic acids is 1. The number of amides is 1. The number of hydrogen-bond acceptors (Lipinski definition) is 5. The largest absolute Gasteiger partial charge is 0.360 e. The number of nitrogens with one attached hydrogen (secondary N) is 1. The van der Waals surface area contributed by atoms with Crippen LogP contribution < -0.4 is 10.2 Å². The van der Waals surface area contributed by atoms with Crippen LogP contribution in [0, 0.1) is 5.82 Å². The number of rotatable bonds is 8. The van der Waals surface area contributed by atoms with Crippen LogP contribution in [0.25, 0.3) is 0 Å². The topological polar surface area (TPSA) is 58.1 Å². The monoisotopic (exact) mass is 444 g/mol. The molecule has 0 saturated carbocycles. The molecule has 156 valence electrons. The first-order chi connectivity index (χ1) is 14.4. The summed E-state index contributed by atoms with van der Waals surface area (Å²) in [7, 11) is 1.97. The highest BCUT2D eigenvalue weighted by molar-refractivity contribution is 7.98. The molecule has 0 bridgehead atoms. The molecule has 1 amide bonds. The van der Waals surface area contributed by atoms with Gasteiger partial charge in [-0.05, 0) is 48.4 Å². The number of hydrogen-bond donors (Lipinski definition) is 1. The molecule has 0 spiro atoms. The van der Waals surface area contributed by atoms with Crippen LogP contribution in [0.2, 0.25) is 5.15 Å². The molecule has 0 atom stereocenters. The smallest absolute Gasteiger partial charge is 0.255 e. The Morgan fingerprint density at radius 1 is 1.17 bits per heavy atom. The molecule has 0 radical (unpaired) electrons. The Morgan fingerprint density at radius 2 is 1.93 bits per heavy atom. The van der Waals surface area contributed by atoms with Gasteiger partial charge < -0.3 is 10.2 Å². The molecule has 3 rings (SSSR count). The van der Waals surface area contributed by atoms with Crippen molar-refractivity contribution in [2.45, 2.75) is 24.3 Å². The Kier molecular flexibility index (Phi) is 7.65. The Bertz CT molecular complexity index is 1020. The van der Waals surface area contributed by atoms with E-state index in [9.17, 15) is 9.18 Å². The third-order valence-corrected chi connectivity index (χ3v) is 5.38. The zero-order valence-corrected chi connectivity index (χ0v) is 18.3. The lowest BCUT2D eigenvalue weighted by Gasteiger charge is -2.17.